The average Bonchev–Trinajstić information content (AvgIpc) is 3.11. The van der Waals surface area contributed by atoms with Gasteiger partial charge in [-0.25, -0.2) is 9.37 Å². The van der Waals surface area contributed by atoms with E-state index >= 15 is 0 Å². The number of rotatable bonds is 3. The van der Waals surface area contributed by atoms with Gasteiger partial charge in [-0.1, -0.05) is 11.6 Å². The molecule has 1 aromatic heterocycles. The summed E-state index contributed by atoms with van der Waals surface area (Å²) in [6, 6.07) is 3.49. The third-order valence-corrected chi connectivity index (χ3v) is 5.46. The highest BCUT2D eigenvalue weighted by molar-refractivity contribution is 7.16. The highest BCUT2D eigenvalue weighted by Crippen LogP contribution is 2.30. The molecule has 1 aromatic carbocycles. The van der Waals surface area contributed by atoms with Gasteiger partial charge in [0.05, 0.1) is 24.9 Å². The van der Waals surface area contributed by atoms with Crippen molar-refractivity contribution in [2.24, 2.45) is 0 Å². The number of carbonyl (C=O) groups is 2. The lowest BCUT2D eigenvalue weighted by Gasteiger charge is -2.37. The Kier molecular flexibility index (Phi) is 3.98. The molecule has 3 heterocycles. The number of ether oxygens (including phenoxy) is 1. The third kappa shape index (κ3) is 3.12. The van der Waals surface area contributed by atoms with Gasteiger partial charge in [-0.3, -0.25) is 9.59 Å². The molecule has 9 heteroatoms. The predicted molar refractivity (Wildman–Crippen MR) is 90.1 cm³/mol. The van der Waals surface area contributed by atoms with Gasteiger partial charge < -0.3 is 15.4 Å². The smallest absolute Gasteiger partial charge is 0.263 e. The second kappa shape index (κ2) is 6.05. The molecule has 6 nitrogen and oxygen atoms in total. The first-order chi connectivity index (χ1) is 11.9. The van der Waals surface area contributed by atoms with Gasteiger partial charge in [-0.05, 0) is 18.2 Å². The number of aromatic nitrogens is 1. The fourth-order valence-corrected chi connectivity index (χ4v) is 3.99. The maximum Gasteiger partial charge on any atom is 0.263 e. The SMILES string of the molecule is O=C(NC1CC2(COC2)NC1=O)c1cnc(-c2cc(F)cc(Cl)c2)s1. The fraction of sp³-hybridized carbons (Fsp3) is 0.312. The van der Waals surface area contributed by atoms with Crippen molar-refractivity contribution in [3.8, 4) is 10.6 Å². The Balaban J connectivity index is 1.48. The number of hydrogen-bond donors (Lipinski definition) is 2. The first kappa shape index (κ1) is 16.4. The molecular formula is C16H13ClFN3O3S. The van der Waals surface area contributed by atoms with Gasteiger partial charge in [0, 0.05) is 17.0 Å². The predicted octanol–water partition coefficient (Wildman–Crippen LogP) is 1.99. The number of halogens is 2. The van der Waals surface area contributed by atoms with Crippen LogP contribution in [0.3, 0.4) is 0 Å². The first-order valence-corrected chi connectivity index (χ1v) is 8.77. The summed E-state index contributed by atoms with van der Waals surface area (Å²) >= 11 is 6.96. The highest BCUT2D eigenvalue weighted by Gasteiger charge is 2.49. The fourth-order valence-electron chi connectivity index (χ4n) is 2.96. The number of benzene rings is 1. The maximum absolute atomic E-state index is 13.5. The van der Waals surface area contributed by atoms with Gasteiger partial charge in [-0.15, -0.1) is 11.3 Å². The van der Waals surface area contributed by atoms with Crippen molar-refractivity contribution in [3.63, 3.8) is 0 Å². The zero-order chi connectivity index (χ0) is 17.6. The topological polar surface area (TPSA) is 80.3 Å². The largest absolute Gasteiger partial charge is 0.376 e. The van der Waals surface area contributed by atoms with E-state index in [2.05, 4.69) is 15.6 Å². The lowest BCUT2D eigenvalue weighted by atomic mass is 9.94. The minimum atomic E-state index is -0.592. The van der Waals surface area contributed by atoms with E-state index in [1.165, 1.54) is 18.3 Å². The summed E-state index contributed by atoms with van der Waals surface area (Å²) in [7, 11) is 0. The zero-order valence-electron chi connectivity index (χ0n) is 12.8. The Hall–Kier alpha value is -2.03. The van der Waals surface area contributed by atoms with Crippen LogP contribution in [-0.4, -0.2) is 41.6 Å². The lowest BCUT2D eigenvalue weighted by molar-refractivity contribution is -0.124. The average molecular weight is 382 g/mol. The monoisotopic (exact) mass is 381 g/mol. The molecule has 2 aliphatic rings. The molecule has 25 heavy (non-hydrogen) atoms. The molecule has 1 spiro atoms. The van der Waals surface area contributed by atoms with E-state index in [1.54, 1.807) is 6.07 Å². The maximum atomic E-state index is 13.5. The molecule has 2 aliphatic heterocycles. The molecule has 130 valence electrons. The summed E-state index contributed by atoms with van der Waals surface area (Å²) in [5, 5.41) is 6.32. The van der Waals surface area contributed by atoms with Gasteiger partial charge in [0.1, 0.15) is 21.7 Å². The van der Waals surface area contributed by atoms with Crippen molar-refractivity contribution in [2.45, 2.75) is 18.0 Å². The van der Waals surface area contributed by atoms with Crippen molar-refractivity contribution in [3.05, 3.63) is 40.1 Å². The Morgan fingerprint density at radius 3 is 2.88 bits per heavy atom. The number of thiazole rings is 1. The Morgan fingerprint density at radius 1 is 1.44 bits per heavy atom. The van der Waals surface area contributed by atoms with E-state index in [0.717, 1.165) is 11.3 Å². The van der Waals surface area contributed by atoms with E-state index in [9.17, 15) is 14.0 Å². The standard InChI is InChI=1S/C16H13ClFN3O3S/c17-9-1-8(2-10(18)3-9)15-19-5-12(25-15)14(23)20-11-4-16(6-24-7-16)21-13(11)22/h1-3,5,11H,4,6-7H2,(H,20,23)(H,21,22). The van der Waals surface area contributed by atoms with Crippen molar-refractivity contribution >= 4 is 34.8 Å². The molecule has 2 saturated heterocycles. The molecular weight excluding hydrogens is 369 g/mol. The Bertz CT molecular complexity index is 848. The molecule has 4 rings (SSSR count). The Morgan fingerprint density at radius 2 is 2.24 bits per heavy atom. The molecule has 2 N–H and O–H groups in total. The number of carbonyl (C=O) groups excluding carboxylic acids is 2. The van der Waals surface area contributed by atoms with Crippen LogP contribution in [0, 0.1) is 5.82 Å². The minimum Gasteiger partial charge on any atom is -0.376 e. The zero-order valence-corrected chi connectivity index (χ0v) is 14.4. The normalized spacial score (nSPS) is 21.0. The number of nitrogens with one attached hydrogen (secondary N) is 2. The van der Waals surface area contributed by atoms with Crippen molar-refractivity contribution in [2.75, 3.05) is 13.2 Å². The second-order valence-electron chi connectivity index (χ2n) is 6.18. The van der Waals surface area contributed by atoms with E-state index in [0.29, 0.717) is 35.1 Å². The number of amides is 2. The summed E-state index contributed by atoms with van der Waals surface area (Å²) in [6.45, 7) is 0.937. The van der Waals surface area contributed by atoms with Crippen LogP contribution in [0.25, 0.3) is 10.6 Å². The molecule has 2 aromatic rings. The molecule has 0 aliphatic carbocycles. The quantitative estimate of drug-likeness (QED) is 0.852. The van der Waals surface area contributed by atoms with Crippen LogP contribution in [0.2, 0.25) is 5.02 Å². The van der Waals surface area contributed by atoms with Crippen LogP contribution in [-0.2, 0) is 9.53 Å². The van der Waals surface area contributed by atoms with Crippen LogP contribution in [0.4, 0.5) is 4.39 Å². The second-order valence-corrected chi connectivity index (χ2v) is 7.65. The summed E-state index contributed by atoms with van der Waals surface area (Å²) in [6.07, 6.45) is 1.91. The van der Waals surface area contributed by atoms with E-state index in [1.807, 2.05) is 0 Å². The first-order valence-electron chi connectivity index (χ1n) is 7.57. The molecule has 0 bridgehead atoms. The van der Waals surface area contributed by atoms with Gasteiger partial charge in [0.2, 0.25) is 5.91 Å². The summed E-state index contributed by atoms with van der Waals surface area (Å²) in [5.74, 6) is -1.07. The molecule has 0 saturated carbocycles. The number of nitrogens with zero attached hydrogens (tertiary/aromatic N) is 1. The van der Waals surface area contributed by atoms with Gasteiger partial charge in [0.25, 0.3) is 5.91 Å². The molecule has 1 atom stereocenters. The van der Waals surface area contributed by atoms with Crippen molar-refractivity contribution < 1.29 is 18.7 Å². The van der Waals surface area contributed by atoms with Crippen LogP contribution in [0.15, 0.2) is 24.4 Å². The molecule has 1 unspecified atom stereocenters. The molecule has 0 radical (unpaired) electrons. The van der Waals surface area contributed by atoms with Crippen LogP contribution < -0.4 is 10.6 Å². The van der Waals surface area contributed by atoms with E-state index < -0.39 is 11.9 Å². The summed E-state index contributed by atoms with van der Waals surface area (Å²) in [4.78, 5) is 28.9. The van der Waals surface area contributed by atoms with Crippen LogP contribution in [0.1, 0.15) is 16.1 Å². The molecule has 2 fully saturated rings. The Labute approximate surface area is 151 Å². The van der Waals surface area contributed by atoms with E-state index in [4.69, 9.17) is 16.3 Å². The van der Waals surface area contributed by atoms with Crippen molar-refractivity contribution in [1.82, 2.24) is 15.6 Å². The van der Waals surface area contributed by atoms with Crippen molar-refractivity contribution in [1.29, 1.82) is 0 Å². The van der Waals surface area contributed by atoms with Gasteiger partial charge >= 0.3 is 0 Å². The summed E-state index contributed by atoms with van der Waals surface area (Å²) in [5.41, 5.74) is 0.157. The van der Waals surface area contributed by atoms with E-state index in [-0.39, 0.29) is 22.4 Å². The molecule has 2 amide bonds. The third-order valence-electron chi connectivity index (χ3n) is 4.20. The summed E-state index contributed by atoms with van der Waals surface area (Å²) < 4.78 is 18.6. The minimum absolute atomic E-state index is 0.210. The number of hydrogen-bond acceptors (Lipinski definition) is 5. The highest BCUT2D eigenvalue weighted by atomic mass is 35.5. The lowest BCUT2D eigenvalue weighted by Crippen LogP contribution is -2.57. The van der Waals surface area contributed by atoms with Crippen LogP contribution >= 0.6 is 22.9 Å². The van der Waals surface area contributed by atoms with Gasteiger partial charge in [-0.2, -0.15) is 0 Å². The van der Waals surface area contributed by atoms with Gasteiger partial charge in [0.15, 0.2) is 0 Å². The van der Waals surface area contributed by atoms with Crippen LogP contribution in [0.5, 0.6) is 0 Å².